The number of nitrogens with zero attached hydrogens (tertiary/aromatic N) is 1. The first-order valence-corrected chi connectivity index (χ1v) is 10.2. The van der Waals surface area contributed by atoms with E-state index in [-0.39, 0.29) is 14.5 Å². The molecule has 0 saturated carbocycles. The molecule has 1 heterocycles. The van der Waals surface area contributed by atoms with Gasteiger partial charge in [0.05, 0.1) is 0 Å². The summed E-state index contributed by atoms with van der Waals surface area (Å²) in [5.74, 6) is 0.886. The third-order valence-corrected chi connectivity index (χ3v) is 6.34. The van der Waals surface area contributed by atoms with E-state index < -0.39 is 0 Å². The molecule has 0 unspecified atom stereocenters. The van der Waals surface area contributed by atoms with Crippen LogP contribution in [0.4, 0.5) is 0 Å². The number of aromatic nitrogens is 1. The molecule has 0 amide bonds. The maximum atomic E-state index is 5.29. The van der Waals surface area contributed by atoms with Crippen molar-refractivity contribution in [1.29, 1.82) is 0 Å². The molecule has 4 aromatic rings. The third kappa shape index (κ3) is 3.05. The standard InChI is InChI=1S/C20H14BrNOSe/c1-23-18-9-6-14-10-16(3-2-15(14)11-18)20-22-19(12-24-20)13-4-7-17(21)8-5-13/h2-12H,1H3. The normalized spacial score (nSPS) is 10.9. The van der Waals surface area contributed by atoms with Crippen LogP contribution < -0.4 is 4.74 Å². The summed E-state index contributed by atoms with van der Waals surface area (Å²) in [5.41, 5.74) is 3.45. The second-order valence-corrected chi connectivity index (χ2v) is 8.19. The van der Waals surface area contributed by atoms with Gasteiger partial charge in [-0.05, 0) is 0 Å². The van der Waals surface area contributed by atoms with Gasteiger partial charge in [-0.25, -0.2) is 0 Å². The van der Waals surface area contributed by atoms with E-state index >= 15 is 0 Å². The van der Waals surface area contributed by atoms with Crippen LogP contribution in [0.5, 0.6) is 5.75 Å². The topological polar surface area (TPSA) is 22.1 Å². The van der Waals surface area contributed by atoms with Gasteiger partial charge in [-0.15, -0.1) is 0 Å². The molecule has 0 radical (unpaired) electrons. The van der Waals surface area contributed by atoms with Crippen LogP contribution >= 0.6 is 15.9 Å². The van der Waals surface area contributed by atoms with E-state index in [2.05, 4.69) is 75.5 Å². The van der Waals surface area contributed by atoms with E-state index in [1.807, 2.05) is 6.07 Å². The Morgan fingerprint density at radius 1 is 0.875 bits per heavy atom. The van der Waals surface area contributed by atoms with Gasteiger partial charge in [-0.2, -0.15) is 0 Å². The molecule has 2 nitrogen and oxygen atoms in total. The molecule has 24 heavy (non-hydrogen) atoms. The van der Waals surface area contributed by atoms with Crippen LogP contribution in [0, 0.1) is 0 Å². The molecule has 4 rings (SSSR count). The van der Waals surface area contributed by atoms with Gasteiger partial charge in [0.15, 0.2) is 0 Å². The van der Waals surface area contributed by atoms with Crippen LogP contribution in [-0.2, 0) is 0 Å². The number of fused-ring (bicyclic) bond motifs is 1. The van der Waals surface area contributed by atoms with Gasteiger partial charge in [-0.3, -0.25) is 0 Å². The summed E-state index contributed by atoms with van der Waals surface area (Å²) < 4.78 is 7.56. The minimum atomic E-state index is 0.266. The second-order valence-electron chi connectivity index (χ2n) is 5.47. The Labute approximate surface area is 155 Å². The molecule has 0 saturated heterocycles. The molecular formula is C20H14BrNOSe. The van der Waals surface area contributed by atoms with Crippen molar-refractivity contribution in [2.75, 3.05) is 7.11 Å². The molecule has 0 bridgehead atoms. The van der Waals surface area contributed by atoms with Crippen LogP contribution in [0.1, 0.15) is 0 Å². The number of hydrogen-bond donors (Lipinski definition) is 0. The van der Waals surface area contributed by atoms with Gasteiger partial charge in [0, 0.05) is 0 Å². The Balaban J connectivity index is 1.71. The van der Waals surface area contributed by atoms with Crippen molar-refractivity contribution in [2.45, 2.75) is 0 Å². The molecule has 0 aliphatic heterocycles. The summed E-state index contributed by atoms with van der Waals surface area (Å²) in [4.78, 5) is 7.12. The molecular weight excluding hydrogens is 429 g/mol. The zero-order valence-corrected chi connectivity index (χ0v) is 16.3. The van der Waals surface area contributed by atoms with E-state index in [1.165, 1.54) is 26.5 Å². The molecule has 0 atom stereocenters. The number of ether oxygens (including phenoxy) is 1. The fourth-order valence-electron chi connectivity index (χ4n) is 2.64. The summed E-state index contributed by atoms with van der Waals surface area (Å²) >= 11 is 3.74. The quantitative estimate of drug-likeness (QED) is 0.396. The SMILES string of the molecule is COc1ccc2cc(-c3nc(-c4ccc(Br)cc4)c[se]3)ccc2c1. The maximum absolute atomic E-state index is 5.29. The van der Waals surface area contributed by atoms with Crippen molar-refractivity contribution in [3.63, 3.8) is 0 Å². The first kappa shape index (κ1) is 15.6. The molecule has 118 valence electrons. The summed E-state index contributed by atoms with van der Waals surface area (Å²) in [6.45, 7) is 0. The van der Waals surface area contributed by atoms with Crippen LogP contribution in [-0.4, -0.2) is 26.6 Å². The van der Waals surface area contributed by atoms with Crippen molar-refractivity contribution in [2.24, 2.45) is 0 Å². The van der Waals surface area contributed by atoms with Crippen LogP contribution in [0.15, 0.2) is 70.1 Å². The predicted octanol–water partition coefficient (Wildman–Crippen LogP) is 5.40. The van der Waals surface area contributed by atoms with E-state index in [1.54, 1.807) is 7.11 Å². The van der Waals surface area contributed by atoms with Crippen LogP contribution in [0.25, 0.3) is 32.2 Å². The molecule has 3 aromatic carbocycles. The minimum absolute atomic E-state index is 0.266. The summed E-state index contributed by atoms with van der Waals surface area (Å²) in [6.07, 6.45) is 0. The van der Waals surface area contributed by atoms with E-state index in [9.17, 15) is 0 Å². The van der Waals surface area contributed by atoms with Crippen LogP contribution in [0.3, 0.4) is 0 Å². The van der Waals surface area contributed by atoms with Gasteiger partial charge in [0.1, 0.15) is 0 Å². The Hall–Kier alpha value is -1.87. The van der Waals surface area contributed by atoms with Gasteiger partial charge in [0.25, 0.3) is 0 Å². The molecule has 0 aliphatic carbocycles. The average Bonchev–Trinajstić information content (AvgIpc) is 3.11. The average molecular weight is 443 g/mol. The molecule has 0 aliphatic rings. The summed E-state index contributed by atoms with van der Waals surface area (Å²) in [7, 11) is 1.70. The van der Waals surface area contributed by atoms with Gasteiger partial charge < -0.3 is 0 Å². The number of hydrogen-bond acceptors (Lipinski definition) is 2. The first-order chi connectivity index (χ1) is 11.7. The molecule has 1 aromatic heterocycles. The zero-order valence-electron chi connectivity index (χ0n) is 13.0. The van der Waals surface area contributed by atoms with E-state index in [0.717, 1.165) is 15.9 Å². The van der Waals surface area contributed by atoms with Crippen molar-refractivity contribution in [3.05, 3.63) is 70.1 Å². The fraction of sp³-hybridized carbons (Fsp3) is 0.0500. The van der Waals surface area contributed by atoms with Crippen molar-refractivity contribution in [1.82, 2.24) is 4.98 Å². The molecule has 4 heteroatoms. The fourth-order valence-corrected chi connectivity index (χ4v) is 4.64. The molecule has 0 spiro atoms. The van der Waals surface area contributed by atoms with Crippen molar-refractivity contribution < 1.29 is 4.74 Å². The molecule has 0 N–H and O–H groups in total. The number of halogens is 1. The number of benzene rings is 3. The monoisotopic (exact) mass is 443 g/mol. The Morgan fingerprint density at radius 2 is 1.58 bits per heavy atom. The predicted molar refractivity (Wildman–Crippen MR) is 104 cm³/mol. The Bertz CT molecular complexity index is 1010. The third-order valence-electron chi connectivity index (χ3n) is 3.94. The van der Waals surface area contributed by atoms with Gasteiger partial charge >= 0.3 is 155 Å². The Kier molecular flexibility index (Phi) is 4.28. The van der Waals surface area contributed by atoms with Crippen molar-refractivity contribution >= 4 is 41.2 Å². The summed E-state index contributed by atoms with van der Waals surface area (Å²) in [5, 5.41) is 2.40. The first-order valence-electron chi connectivity index (χ1n) is 7.52. The summed E-state index contributed by atoms with van der Waals surface area (Å²) in [6, 6.07) is 21.0. The van der Waals surface area contributed by atoms with Crippen LogP contribution in [0.2, 0.25) is 0 Å². The number of methoxy groups -OCH3 is 1. The Morgan fingerprint density at radius 3 is 2.38 bits per heavy atom. The van der Waals surface area contributed by atoms with Gasteiger partial charge in [-0.1, -0.05) is 0 Å². The van der Waals surface area contributed by atoms with E-state index in [0.29, 0.717) is 0 Å². The van der Waals surface area contributed by atoms with Crippen molar-refractivity contribution in [3.8, 4) is 27.1 Å². The van der Waals surface area contributed by atoms with E-state index in [4.69, 9.17) is 9.72 Å². The zero-order chi connectivity index (χ0) is 16.5. The number of rotatable bonds is 3. The second kappa shape index (κ2) is 6.56. The van der Waals surface area contributed by atoms with Gasteiger partial charge in [0.2, 0.25) is 0 Å². The molecule has 0 fully saturated rings.